The van der Waals surface area contributed by atoms with Crippen molar-refractivity contribution in [3.05, 3.63) is 75.9 Å². The molecular formula is C23H18F3N3O2S2. The molecule has 2 aromatic heterocycles. The van der Waals surface area contributed by atoms with Crippen LogP contribution in [0.4, 0.5) is 18.9 Å². The van der Waals surface area contributed by atoms with Gasteiger partial charge in [0.05, 0.1) is 16.8 Å². The lowest BCUT2D eigenvalue weighted by Gasteiger charge is -2.12. The fourth-order valence-electron chi connectivity index (χ4n) is 3.29. The summed E-state index contributed by atoms with van der Waals surface area (Å²) in [6.07, 6.45) is -4.50. The smallest absolute Gasteiger partial charge is 0.325 e. The number of benzene rings is 2. The number of fused-ring (bicyclic) bond motifs is 1. The maximum atomic E-state index is 13.0. The van der Waals surface area contributed by atoms with Gasteiger partial charge in [0.25, 0.3) is 5.56 Å². The van der Waals surface area contributed by atoms with E-state index in [2.05, 4.69) is 10.3 Å². The van der Waals surface area contributed by atoms with Crippen molar-refractivity contribution in [1.29, 1.82) is 0 Å². The SMILES string of the molecule is CCn1c(SCC(=O)Nc2cccc(C(F)(F)F)c2)nc2c(-c3ccccc3)csc2c1=O. The van der Waals surface area contributed by atoms with Crippen molar-refractivity contribution in [3.63, 3.8) is 0 Å². The van der Waals surface area contributed by atoms with Gasteiger partial charge in [-0.25, -0.2) is 4.98 Å². The molecule has 0 bridgehead atoms. The van der Waals surface area contributed by atoms with Gasteiger partial charge in [0.1, 0.15) is 4.70 Å². The van der Waals surface area contributed by atoms with Gasteiger partial charge in [-0.2, -0.15) is 13.2 Å². The summed E-state index contributed by atoms with van der Waals surface area (Å²) in [6, 6.07) is 14.0. The van der Waals surface area contributed by atoms with E-state index in [0.29, 0.717) is 21.9 Å². The van der Waals surface area contributed by atoms with Crippen LogP contribution in [0.1, 0.15) is 12.5 Å². The lowest BCUT2D eigenvalue weighted by molar-refractivity contribution is -0.137. The van der Waals surface area contributed by atoms with E-state index >= 15 is 0 Å². The highest BCUT2D eigenvalue weighted by atomic mass is 32.2. The van der Waals surface area contributed by atoms with Gasteiger partial charge in [-0.3, -0.25) is 14.2 Å². The monoisotopic (exact) mass is 489 g/mol. The van der Waals surface area contributed by atoms with Crippen LogP contribution in [0.3, 0.4) is 0 Å². The summed E-state index contributed by atoms with van der Waals surface area (Å²) in [7, 11) is 0. The summed E-state index contributed by atoms with van der Waals surface area (Å²) < 4.78 is 40.7. The molecule has 10 heteroatoms. The van der Waals surface area contributed by atoms with Gasteiger partial charge in [-0.05, 0) is 30.7 Å². The van der Waals surface area contributed by atoms with Crippen LogP contribution < -0.4 is 10.9 Å². The van der Waals surface area contributed by atoms with Gasteiger partial charge in [0.15, 0.2) is 5.16 Å². The fraction of sp³-hybridized carbons (Fsp3) is 0.174. The van der Waals surface area contributed by atoms with Crippen LogP contribution in [0.5, 0.6) is 0 Å². The van der Waals surface area contributed by atoms with Crippen LogP contribution in [0.2, 0.25) is 0 Å². The number of thioether (sulfide) groups is 1. The van der Waals surface area contributed by atoms with Crippen LogP contribution in [-0.2, 0) is 17.5 Å². The third kappa shape index (κ3) is 4.96. The number of hydrogen-bond acceptors (Lipinski definition) is 5. The minimum Gasteiger partial charge on any atom is -0.325 e. The summed E-state index contributed by atoms with van der Waals surface area (Å²) in [5.74, 6) is -0.608. The quantitative estimate of drug-likeness (QED) is 0.271. The van der Waals surface area contributed by atoms with E-state index in [-0.39, 0.29) is 17.0 Å². The molecule has 170 valence electrons. The van der Waals surface area contributed by atoms with Gasteiger partial charge in [-0.15, -0.1) is 11.3 Å². The number of nitrogens with zero attached hydrogens (tertiary/aromatic N) is 2. The first-order chi connectivity index (χ1) is 15.8. The zero-order valence-electron chi connectivity index (χ0n) is 17.3. The minimum atomic E-state index is -4.50. The Bertz CT molecular complexity index is 1370. The third-order valence-electron chi connectivity index (χ3n) is 4.85. The average molecular weight is 490 g/mol. The first kappa shape index (κ1) is 23.1. The molecule has 4 rings (SSSR count). The van der Waals surface area contributed by atoms with Crippen LogP contribution in [0, 0.1) is 0 Å². The Kier molecular flexibility index (Phi) is 6.57. The van der Waals surface area contributed by atoms with Crippen LogP contribution >= 0.6 is 23.1 Å². The van der Waals surface area contributed by atoms with Gasteiger partial charge in [0.2, 0.25) is 5.91 Å². The molecule has 1 N–H and O–H groups in total. The average Bonchev–Trinajstić information content (AvgIpc) is 3.22. The number of amides is 1. The van der Waals surface area contributed by atoms with Crippen molar-refractivity contribution >= 4 is 44.9 Å². The highest BCUT2D eigenvalue weighted by molar-refractivity contribution is 7.99. The maximum absolute atomic E-state index is 13.0. The molecule has 0 aliphatic carbocycles. The highest BCUT2D eigenvalue weighted by Gasteiger charge is 2.30. The van der Waals surface area contributed by atoms with Gasteiger partial charge >= 0.3 is 6.18 Å². The van der Waals surface area contributed by atoms with Crippen molar-refractivity contribution in [1.82, 2.24) is 9.55 Å². The number of thiophene rings is 1. The number of carbonyl (C=O) groups excluding carboxylic acids is 1. The summed E-state index contributed by atoms with van der Waals surface area (Å²) in [5.41, 5.74) is 1.37. The number of nitrogens with one attached hydrogen (secondary N) is 1. The Morgan fingerprint density at radius 3 is 2.61 bits per heavy atom. The maximum Gasteiger partial charge on any atom is 0.416 e. The van der Waals surface area contributed by atoms with E-state index in [0.717, 1.165) is 35.0 Å². The van der Waals surface area contributed by atoms with Crippen LogP contribution in [-0.4, -0.2) is 21.2 Å². The number of hydrogen-bond donors (Lipinski definition) is 1. The molecule has 0 fully saturated rings. The van der Waals surface area contributed by atoms with Gasteiger partial charge in [0, 0.05) is 23.2 Å². The first-order valence-electron chi connectivity index (χ1n) is 9.95. The molecule has 1 amide bonds. The molecule has 0 unspecified atom stereocenters. The predicted molar refractivity (Wildman–Crippen MR) is 126 cm³/mol. The molecule has 33 heavy (non-hydrogen) atoms. The third-order valence-corrected chi connectivity index (χ3v) is 6.78. The fourth-order valence-corrected chi connectivity index (χ4v) is 5.11. The number of anilines is 1. The Labute approximate surface area is 195 Å². The van der Waals surface area contributed by atoms with E-state index in [1.807, 2.05) is 42.6 Å². The molecule has 0 atom stereocenters. The first-order valence-corrected chi connectivity index (χ1v) is 11.8. The molecule has 0 radical (unpaired) electrons. The van der Waals surface area contributed by atoms with Crippen molar-refractivity contribution in [2.45, 2.75) is 24.8 Å². The Hall–Kier alpha value is -3.11. The topological polar surface area (TPSA) is 64.0 Å². The van der Waals surface area contributed by atoms with E-state index in [1.165, 1.54) is 28.0 Å². The van der Waals surface area contributed by atoms with Crippen molar-refractivity contribution in [3.8, 4) is 11.1 Å². The summed E-state index contributed by atoms with van der Waals surface area (Å²) >= 11 is 2.39. The molecule has 4 aromatic rings. The molecule has 0 spiro atoms. The summed E-state index contributed by atoms with van der Waals surface area (Å²) in [4.78, 5) is 30.1. The second-order valence-electron chi connectivity index (χ2n) is 7.05. The molecule has 0 saturated carbocycles. The normalized spacial score (nSPS) is 11.6. The molecular weight excluding hydrogens is 471 g/mol. The second kappa shape index (κ2) is 9.40. The van der Waals surface area contributed by atoms with Crippen molar-refractivity contribution in [2.24, 2.45) is 0 Å². The standard InChI is InChI=1S/C23H18F3N3O2S2/c1-2-29-21(31)20-19(17(12-32-20)14-7-4-3-5-8-14)28-22(29)33-13-18(30)27-16-10-6-9-15(11-16)23(24,25)26/h3-12H,2,13H2,1H3,(H,27,30). The number of halogens is 3. The zero-order valence-corrected chi connectivity index (χ0v) is 19.0. The van der Waals surface area contributed by atoms with Gasteiger partial charge < -0.3 is 5.32 Å². The number of rotatable bonds is 6. The highest BCUT2D eigenvalue weighted by Crippen LogP contribution is 2.33. The number of aromatic nitrogens is 2. The lowest BCUT2D eigenvalue weighted by atomic mass is 10.1. The Balaban J connectivity index is 1.58. The van der Waals surface area contributed by atoms with Crippen LogP contribution in [0.15, 0.2) is 69.9 Å². The molecule has 0 aliphatic heterocycles. The second-order valence-corrected chi connectivity index (χ2v) is 8.87. The van der Waals surface area contributed by atoms with E-state index < -0.39 is 17.6 Å². The summed E-state index contributed by atoms with van der Waals surface area (Å²) in [6.45, 7) is 2.19. The molecule has 0 saturated heterocycles. The number of carbonyl (C=O) groups is 1. The molecule has 5 nitrogen and oxygen atoms in total. The van der Waals surface area contributed by atoms with E-state index in [4.69, 9.17) is 0 Å². The largest absolute Gasteiger partial charge is 0.416 e. The molecule has 2 aromatic carbocycles. The minimum absolute atomic E-state index is 0.0518. The van der Waals surface area contributed by atoms with Crippen LogP contribution in [0.25, 0.3) is 21.3 Å². The van der Waals surface area contributed by atoms with Crippen molar-refractivity contribution in [2.75, 3.05) is 11.1 Å². The van der Waals surface area contributed by atoms with Crippen molar-refractivity contribution < 1.29 is 18.0 Å². The predicted octanol–water partition coefficient (Wildman–Crippen LogP) is 5.89. The lowest BCUT2D eigenvalue weighted by Crippen LogP contribution is -2.23. The van der Waals surface area contributed by atoms with E-state index in [9.17, 15) is 22.8 Å². The molecule has 0 aliphatic rings. The summed E-state index contributed by atoms with van der Waals surface area (Å²) in [5, 5.41) is 4.74. The van der Waals surface area contributed by atoms with Gasteiger partial charge in [-0.1, -0.05) is 48.2 Å². The Morgan fingerprint density at radius 2 is 1.91 bits per heavy atom. The molecule has 2 heterocycles. The Morgan fingerprint density at radius 1 is 1.15 bits per heavy atom. The van der Waals surface area contributed by atoms with E-state index in [1.54, 1.807) is 0 Å². The zero-order chi connectivity index (χ0) is 23.6. The number of alkyl halides is 3.